The number of anilines is 1. The van der Waals surface area contributed by atoms with Gasteiger partial charge in [-0.05, 0) is 12.8 Å². The first kappa shape index (κ1) is 28.3. The molecule has 1 unspecified atom stereocenters. The monoisotopic (exact) mass is 588 g/mol. The molecule has 2 fully saturated rings. The number of aromatic nitrogens is 4. The molecule has 3 amide bonds. The van der Waals surface area contributed by atoms with Gasteiger partial charge in [0.25, 0.3) is 5.91 Å². The molecule has 1 saturated heterocycles. The third-order valence-corrected chi connectivity index (χ3v) is 7.51. The fourth-order valence-corrected chi connectivity index (χ4v) is 5.09. The van der Waals surface area contributed by atoms with Gasteiger partial charge in [0.1, 0.15) is 17.8 Å². The van der Waals surface area contributed by atoms with Crippen LogP contribution in [0.4, 0.5) is 5.13 Å². The number of nitrogens with zero attached hydrogens (tertiary/aromatic N) is 5. The number of aliphatic carboxylic acids is 1. The average molecular weight is 589 g/mol. The van der Waals surface area contributed by atoms with Crippen LogP contribution in [0.15, 0.2) is 11.6 Å². The summed E-state index contributed by atoms with van der Waals surface area (Å²) in [6, 6.07) is -4.23. The molecule has 2 aromatic rings. The summed E-state index contributed by atoms with van der Waals surface area (Å²) >= 11 is 0.994. The van der Waals surface area contributed by atoms with Crippen molar-refractivity contribution in [2.75, 3.05) is 12.3 Å². The third-order valence-electron chi connectivity index (χ3n) is 5.87. The number of nitrogens with one attached hydrogen (secondary N) is 3. The van der Waals surface area contributed by atoms with Crippen LogP contribution in [-0.2, 0) is 47.4 Å². The molecule has 2 aromatic heterocycles. The van der Waals surface area contributed by atoms with Gasteiger partial charge in [0.05, 0.1) is 31.5 Å². The zero-order valence-electron chi connectivity index (χ0n) is 19.9. The molecule has 1 aliphatic heterocycles. The minimum absolute atomic E-state index is 0.0240. The Morgan fingerprint density at radius 3 is 2.62 bits per heavy atom. The summed E-state index contributed by atoms with van der Waals surface area (Å²) in [5.74, 6) is -3.74. The number of rotatable bonds is 13. The predicted octanol–water partition coefficient (Wildman–Crippen LogP) is -3.73. The number of nitrogens with two attached hydrogens (primary N) is 2. The molecule has 21 heteroatoms. The summed E-state index contributed by atoms with van der Waals surface area (Å²) in [5, 5.41) is 23.7. The van der Waals surface area contributed by atoms with Crippen LogP contribution in [0.2, 0.25) is 0 Å². The first-order valence-electron chi connectivity index (χ1n) is 11.2. The number of hydroxylamine groups is 1. The van der Waals surface area contributed by atoms with E-state index in [1.54, 1.807) is 0 Å². The average Bonchev–Trinajstić information content (AvgIpc) is 3.33. The van der Waals surface area contributed by atoms with Crippen LogP contribution in [0.5, 0.6) is 0 Å². The lowest BCUT2D eigenvalue weighted by Gasteiger charge is -2.44. The van der Waals surface area contributed by atoms with E-state index in [0.29, 0.717) is 0 Å². The highest BCUT2D eigenvalue weighted by molar-refractivity contribution is 7.84. The Hall–Kier alpha value is -3.76. The van der Waals surface area contributed by atoms with Gasteiger partial charge in [-0.15, -0.1) is 11.3 Å². The maximum absolute atomic E-state index is 13.2. The van der Waals surface area contributed by atoms with E-state index in [2.05, 4.69) is 31.3 Å². The number of carboxylic acids is 1. The number of amides is 3. The summed E-state index contributed by atoms with van der Waals surface area (Å²) < 4.78 is 33.4. The van der Waals surface area contributed by atoms with Crippen LogP contribution in [0, 0.1) is 0 Å². The number of hydrogen-bond donors (Lipinski definition) is 7. The molecule has 1 saturated carbocycles. The van der Waals surface area contributed by atoms with E-state index in [9.17, 15) is 37.3 Å². The van der Waals surface area contributed by atoms with Gasteiger partial charge >= 0.3 is 16.3 Å². The Balaban J connectivity index is 1.50. The Bertz CT molecular complexity index is 1390. The Labute approximate surface area is 223 Å². The van der Waals surface area contributed by atoms with Gasteiger partial charge in [-0.25, -0.2) is 14.1 Å². The minimum atomic E-state index is -5.01. The molecule has 0 radical (unpaired) electrons. The summed E-state index contributed by atoms with van der Waals surface area (Å²) in [7, 11) is -5.01. The SMILES string of the molecule is NCC(=O)NCc1cnn(C[C@@H]2[C@H](NC(=O)C(NOC3(C(=O)O)CC3)c3csc(N)n3)C(=O)N2S(=O)(=O)O)n1. The molecule has 2 aliphatic rings. The van der Waals surface area contributed by atoms with E-state index in [-0.39, 0.29) is 53.3 Å². The molecule has 3 atom stereocenters. The van der Waals surface area contributed by atoms with Crippen molar-refractivity contribution in [2.45, 2.75) is 49.7 Å². The number of β-lactam (4-membered cyclic amide) rings is 1. The number of carbonyl (C=O) groups is 4. The van der Waals surface area contributed by atoms with Gasteiger partial charge in [-0.2, -0.15) is 28.9 Å². The van der Waals surface area contributed by atoms with Crippen molar-refractivity contribution in [2.24, 2.45) is 5.73 Å². The second kappa shape index (κ2) is 10.8. The molecule has 0 bridgehead atoms. The van der Waals surface area contributed by atoms with Gasteiger partial charge in [-0.3, -0.25) is 23.8 Å². The molecule has 9 N–H and O–H groups in total. The Morgan fingerprint density at radius 1 is 1.33 bits per heavy atom. The summed E-state index contributed by atoms with van der Waals surface area (Å²) in [4.78, 5) is 58.9. The normalized spacial score (nSPS) is 20.7. The highest BCUT2D eigenvalue weighted by Gasteiger charge is 2.56. The highest BCUT2D eigenvalue weighted by Crippen LogP contribution is 2.39. The highest BCUT2D eigenvalue weighted by atomic mass is 32.2. The Kier molecular flexibility index (Phi) is 7.81. The topological polar surface area (TPSA) is 287 Å². The minimum Gasteiger partial charge on any atom is -0.479 e. The van der Waals surface area contributed by atoms with Gasteiger partial charge in [0.2, 0.25) is 11.8 Å². The third kappa shape index (κ3) is 6.12. The molecule has 3 heterocycles. The molecule has 0 spiro atoms. The number of carboxylic acid groups (broad SMARTS) is 1. The fourth-order valence-electron chi connectivity index (χ4n) is 3.63. The van der Waals surface area contributed by atoms with E-state index in [1.807, 2.05) is 0 Å². The zero-order chi connectivity index (χ0) is 28.5. The van der Waals surface area contributed by atoms with Crippen molar-refractivity contribution >= 4 is 50.5 Å². The second-order valence-electron chi connectivity index (χ2n) is 8.60. The van der Waals surface area contributed by atoms with Crippen LogP contribution in [-0.4, -0.2) is 90.3 Å². The first-order valence-corrected chi connectivity index (χ1v) is 13.5. The van der Waals surface area contributed by atoms with Gasteiger partial charge in [0.15, 0.2) is 16.8 Å². The quantitative estimate of drug-likeness (QED) is 0.0672. The molecular weight excluding hydrogens is 564 g/mol. The van der Waals surface area contributed by atoms with Crippen LogP contribution in [0.1, 0.15) is 30.3 Å². The lowest BCUT2D eigenvalue weighted by molar-refractivity contribution is -0.165. The molecule has 1 aliphatic carbocycles. The van der Waals surface area contributed by atoms with E-state index in [1.165, 1.54) is 11.6 Å². The lowest BCUT2D eigenvalue weighted by Crippen LogP contribution is -2.73. The van der Waals surface area contributed by atoms with E-state index in [4.69, 9.17) is 16.3 Å². The van der Waals surface area contributed by atoms with Crippen molar-refractivity contribution in [3.05, 3.63) is 23.0 Å². The van der Waals surface area contributed by atoms with Crippen LogP contribution >= 0.6 is 11.3 Å². The number of thiazole rings is 1. The lowest BCUT2D eigenvalue weighted by atomic mass is 9.98. The summed E-state index contributed by atoms with van der Waals surface area (Å²) in [6.07, 6.45) is 1.68. The Morgan fingerprint density at radius 2 is 2.05 bits per heavy atom. The summed E-state index contributed by atoms with van der Waals surface area (Å²) in [5.41, 5.74) is 12.1. The molecule has 212 valence electrons. The van der Waals surface area contributed by atoms with E-state index >= 15 is 0 Å². The predicted molar refractivity (Wildman–Crippen MR) is 128 cm³/mol. The van der Waals surface area contributed by atoms with Crippen LogP contribution < -0.4 is 27.6 Å². The maximum atomic E-state index is 13.2. The van der Waals surface area contributed by atoms with Crippen LogP contribution in [0.3, 0.4) is 0 Å². The van der Waals surface area contributed by atoms with Gasteiger partial charge in [-0.1, -0.05) is 0 Å². The first-order chi connectivity index (χ1) is 18.3. The van der Waals surface area contributed by atoms with Crippen LogP contribution in [0.25, 0.3) is 0 Å². The second-order valence-corrected chi connectivity index (χ2v) is 10.8. The van der Waals surface area contributed by atoms with E-state index < -0.39 is 57.7 Å². The molecule has 39 heavy (non-hydrogen) atoms. The van der Waals surface area contributed by atoms with Crippen molar-refractivity contribution in [1.82, 2.24) is 40.4 Å². The number of hydrogen-bond acceptors (Lipinski definition) is 14. The van der Waals surface area contributed by atoms with Gasteiger partial charge < -0.3 is 27.2 Å². The van der Waals surface area contributed by atoms with Crippen molar-refractivity contribution in [1.29, 1.82) is 0 Å². The van der Waals surface area contributed by atoms with Crippen molar-refractivity contribution in [3.8, 4) is 0 Å². The summed E-state index contributed by atoms with van der Waals surface area (Å²) in [6.45, 7) is -0.639. The van der Waals surface area contributed by atoms with Gasteiger partial charge in [0, 0.05) is 5.38 Å². The molecule has 19 nitrogen and oxygen atoms in total. The smallest absolute Gasteiger partial charge is 0.362 e. The molecule has 4 rings (SSSR count). The molecule has 0 aromatic carbocycles. The zero-order valence-corrected chi connectivity index (χ0v) is 21.5. The largest absolute Gasteiger partial charge is 0.479 e. The standard InChI is InChI=1S/C18H24N10O9S2/c19-3-11(29)21-4-8-5-22-27(25-8)6-10-13(15(31)28(10)39(34,35)36)24-14(30)12(9-7-38-17(20)23-9)26-37-18(1-2-18)16(32)33/h5,7,10,12-13,26H,1-4,6,19H2,(H2,20,23)(H,21,29)(H,24,30)(H,32,33)(H,34,35,36)/t10-,12?,13+/m1/s1. The number of carbonyl (C=O) groups excluding carboxylic acids is 3. The van der Waals surface area contributed by atoms with Crippen molar-refractivity contribution in [3.63, 3.8) is 0 Å². The maximum Gasteiger partial charge on any atom is 0.362 e. The molecular formula is C18H24N10O9S2. The van der Waals surface area contributed by atoms with Crippen molar-refractivity contribution < 1.29 is 42.1 Å². The van der Waals surface area contributed by atoms with E-state index in [0.717, 1.165) is 16.1 Å². The number of nitrogen functional groups attached to an aromatic ring is 1. The fraction of sp³-hybridized carbons (Fsp3) is 0.500.